The maximum Gasteiger partial charge on any atom is 0.252 e. The van der Waals surface area contributed by atoms with Gasteiger partial charge >= 0.3 is 0 Å². The highest BCUT2D eigenvalue weighted by Crippen LogP contribution is 2.08. The van der Waals surface area contributed by atoms with Gasteiger partial charge in [0.2, 0.25) is 15.9 Å². The van der Waals surface area contributed by atoms with Gasteiger partial charge in [0.1, 0.15) is 0 Å². The summed E-state index contributed by atoms with van der Waals surface area (Å²) in [6.45, 7) is 0.815. The Balaban J connectivity index is 1.65. The zero-order valence-electron chi connectivity index (χ0n) is 15.0. The van der Waals surface area contributed by atoms with Crippen molar-refractivity contribution in [2.24, 2.45) is 0 Å². The molecule has 27 heavy (non-hydrogen) atoms. The van der Waals surface area contributed by atoms with Crippen LogP contribution in [-0.2, 0) is 27.1 Å². The van der Waals surface area contributed by atoms with Gasteiger partial charge in [-0.15, -0.1) is 0 Å². The minimum Gasteiger partial charge on any atom is -0.352 e. The van der Waals surface area contributed by atoms with E-state index >= 15 is 0 Å². The van der Waals surface area contributed by atoms with Crippen LogP contribution in [-0.4, -0.2) is 33.8 Å². The van der Waals surface area contributed by atoms with Crippen LogP contribution in [0.2, 0.25) is 0 Å². The minimum absolute atomic E-state index is 0.0761. The van der Waals surface area contributed by atoms with Gasteiger partial charge in [0.25, 0.3) is 5.91 Å². The van der Waals surface area contributed by atoms with Gasteiger partial charge in [-0.1, -0.05) is 24.3 Å². The van der Waals surface area contributed by atoms with Crippen molar-refractivity contribution in [2.75, 3.05) is 13.6 Å². The molecule has 2 aromatic rings. The summed E-state index contributed by atoms with van der Waals surface area (Å²) >= 11 is 1.46. The molecular formula is C18H23N3O4S2. The fourth-order valence-electron chi connectivity index (χ4n) is 2.28. The molecule has 0 fully saturated rings. The molecule has 0 bridgehead atoms. The maximum absolute atomic E-state index is 11.9. The minimum atomic E-state index is -3.29. The number of carbonyl (C=O) groups excluding carboxylic acids is 2. The fraction of sp³-hybridized carbons (Fsp3) is 0.333. The molecule has 0 aliphatic rings. The first-order chi connectivity index (χ1) is 12.9. The number of rotatable bonds is 10. The molecule has 7 nitrogen and oxygen atoms in total. The van der Waals surface area contributed by atoms with Crippen molar-refractivity contribution in [3.8, 4) is 0 Å². The quantitative estimate of drug-likeness (QED) is 0.519. The number of benzene rings is 1. The first-order valence-electron chi connectivity index (χ1n) is 8.46. The predicted molar refractivity (Wildman–Crippen MR) is 106 cm³/mol. The van der Waals surface area contributed by atoms with E-state index in [1.807, 2.05) is 5.38 Å². The van der Waals surface area contributed by atoms with Crippen molar-refractivity contribution in [1.82, 2.24) is 15.4 Å². The molecule has 1 aromatic heterocycles. The van der Waals surface area contributed by atoms with Gasteiger partial charge in [-0.3, -0.25) is 9.59 Å². The second-order valence-corrected chi connectivity index (χ2v) is 8.63. The summed E-state index contributed by atoms with van der Waals surface area (Å²) in [4.78, 5) is 23.6. The molecule has 0 aliphatic carbocycles. The Hall–Kier alpha value is -2.23. The molecule has 0 atom stereocenters. The number of thiophene rings is 1. The highest BCUT2D eigenvalue weighted by Gasteiger charge is 2.09. The Kier molecular flexibility index (Phi) is 7.96. The van der Waals surface area contributed by atoms with Gasteiger partial charge in [0.05, 0.1) is 5.75 Å². The maximum atomic E-state index is 11.9. The molecule has 0 radical (unpaired) electrons. The fourth-order valence-corrected chi connectivity index (χ4v) is 3.69. The molecule has 0 saturated heterocycles. The van der Waals surface area contributed by atoms with Crippen LogP contribution in [0.3, 0.4) is 0 Å². The third-order valence-corrected chi connectivity index (χ3v) is 5.85. The van der Waals surface area contributed by atoms with Crippen LogP contribution < -0.4 is 15.4 Å². The van der Waals surface area contributed by atoms with E-state index < -0.39 is 10.0 Å². The van der Waals surface area contributed by atoms with Crippen LogP contribution in [0.4, 0.5) is 0 Å². The van der Waals surface area contributed by atoms with Crippen molar-refractivity contribution in [3.63, 3.8) is 0 Å². The van der Waals surface area contributed by atoms with E-state index in [1.165, 1.54) is 18.4 Å². The SMILES string of the molecule is CNS(=O)(=O)Cc1ccc(CNC(=O)CCCNC(=O)c2ccsc2)cc1. The average Bonchev–Trinajstić information content (AvgIpc) is 3.19. The predicted octanol–water partition coefficient (Wildman–Crippen LogP) is 1.62. The van der Waals surface area contributed by atoms with Crippen molar-refractivity contribution in [2.45, 2.75) is 25.1 Å². The van der Waals surface area contributed by atoms with Crippen LogP contribution in [0, 0.1) is 0 Å². The van der Waals surface area contributed by atoms with E-state index in [-0.39, 0.29) is 17.6 Å². The highest BCUT2D eigenvalue weighted by molar-refractivity contribution is 7.88. The Morgan fingerprint density at radius 3 is 2.37 bits per heavy atom. The van der Waals surface area contributed by atoms with Crippen LogP contribution in [0.1, 0.15) is 34.3 Å². The van der Waals surface area contributed by atoms with Crippen molar-refractivity contribution in [1.29, 1.82) is 0 Å². The average molecular weight is 410 g/mol. The third kappa shape index (κ3) is 7.49. The van der Waals surface area contributed by atoms with Gasteiger partial charge < -0.3 is 10.6 Å². The Morgan fingerprint density at radius 2 is 1.74 bits per heavy atom. The number of carbonyl (C=O) groups is 2. The lowest BCUT2D eigenvalue weighted by molar-refractivity contribution is -0.121. The second kappa shape index (κ2) is 10.2. The topological polar surface area (TPSA) is 104 Å². The lowest BCUT2D eigenvalue weighted by Gasteiger charge is -2.07. The van der Waals surface area contributed by atoms with Gasteiger partial charge in [0.15, 0.2) is 0 Å². The summed E-state index contributed by atoms with van der Waals surface area (Å²) in [7, 11) is -1.91. The lowest BCUT2D eigenvalue weighted by Crippen LogP contribution is -2.27. The van der Waals surface area contributed by atoms with E-state index in [1.54, 1.807) is 35.7 Å². The van der Waals surface area contributed by atoms with E-state index in [2.05, 4.69) is 15.4 Å². The molecule has 2 amide bonds. The van der Waals surface area contributed by atoms with E-state index in [9.17, 15) is 18.0 Å². The molecular weight excluding hydrogens is 386 g/mol. The molecule has 146 valence electrons. The van der Waals surface area contributed by atoms with E-state index in [0.29, 0.717) is 37.1 Å². The van der Waals surface area contributed by atoms with Gasteiger partial charge in [0, 0.05) is 30.5 Å². The van der Waals surface area contributed by atoms with Gasteiger partial charge in [-0.2, -0.15) is 11.3 Å². The summed E-state index contributed by atoms with van der Waals surface area (Å²) in [5.41, 5.74) is 2.20. The molecule has 3 N–H and O–H groups in total. The first-order valence-corrected chi connectivity index (χ1v) is 11.1. The molecule has 1 heterocycles. The monoisotopic (exact) mass is 409 g/mol. The Labute approximate surface area is 163 Å². The van der Waals surface area contributed by atoms with Crippen molar-refractivity contribution in [3.05, 3.63) is 57.8 Å². The molecule has 2 rings (SSSR count). The normalized spacial score (nSPS) is 11.1. The summed E-state index contributed by atoms with van der Waals surface area (Å²) in [5, 5.41) is 9.21. The van der Waals surface area contributed by atoms with E-state index in [4.69, 9.17) is 0 Å². The first kappa shape index (κ1) is 21.1. The number of hydrogen-bond donors (Lipinski definition) is 3. The molecule has 0 unspecified atom stereocenters. The highest BCUT2D eigenvalue weighted by atomic mass is 32.2. The smallest absolute Gasteiger partial charge is 0.252 e. The summed E-state index contributed by atoms with van der Waals surface area (Å²) in [6, 6.07) is 8.81. The van der Waals surface area contributed by atoms with Crippen LogP contribution in [0.25, 0.3) is 0 Å². The number of amides is 2. The summed E-state index contributed by atoms with van der Waals surface area (Å²) in [6.07, 6.45) is 0.880. The third-order valence-electron chi connectivity index (χ3n) is 3.83. The second-order valence-electron chi connectivity index (χ2n) is 5.93. The molecule has 1 aromatic carbocycles. The van der Waals surface area contributed by atoms with Crippen molar-refractivity contribution < 1.29 is 18.0 Å². The van der Waals surface area contributed by atoms with Gasteiger partial charge in [-0.25, -0.2) is 13.1 Å². The molecule has 0 saturated carbocycles. The number of nitrogens with one attached hydrogen (secondary N) is 3. The van der Waals surface area contributed by atoms with Gasteiger partial charge in [-0.05, 0) is 36.0 Å². The number of hydrogen-bond acceptors (Lipinski definition) is 5. The molecule has 9 heteroatoms. The van der Waals surface area contributed by atoms with E-state index in [0.717, 1.165) is 5.56 Å². The summed E-state index contributed by atoms with van der Waals surface area (Å²) < 4.78 is 25.3. The lowest BCUT2D eigenvalue weighted by atomic mass is 10.1. The molecule has 0 spiro atoms. The van der Waals surface area contributed by atoms with Crippen molar-refractivity contribution >= 4 is 33.2 Å². The van der Waals surface area contributed by atoms with Crippen LogP contribution in [0.15, 0.2) is 41.1 Å². The zero-order valence-corrected chi connectivity index (χ0v) is 16.7. The Bertz CT molecular complexity index is 847. The molecule has 0 aliphatic heterocycles. The Morgan fingerprint density at radius 1 is 1.04 bits per heavy atom. The largest absolute Gasteiger partial charge is 0.352 e. The summed E-state index contributed by atoms with van der Waals surface area (Å²) in [5.74, 6) is -0.300. The zero-order chi connectivity index (χ0) is 19.7. The standard InChI is InChI=1S/C18H23N3O4S2/c1-19-27(24,25)13-15-6-4-14(5-7-15)11-21-17(22)3-2-9-20-18(23)16-8-10-26-12-16/h4-8,10,12,19H,2-3,9,11,13H2,1H3,(H,20,23)(H,21,22). The number of sulfonamides is 1. The van der Waals surface area contributed by atoms with Crippen LogP contribution >= 0.6 is 11.3 Å². The van der Waals surface area contributed by atoms with Crippen LogP contribution in [0.5, 0.6) is 0 Å².